The molecule has 7 nitrogen and oxygen atoms in total. The zero-order chi connectivity index (χ0) is 15.6. The second-order valence-electron chi connectivity index (χ2n) is 4.05. The molecule has 0 unspecified atom stereocenters. The van der Waals surface area contributed by atoms with E-state index >= 15 is 0 Å². The first-order valence-corrected chi connectivity index (χ1v) is 5.76. The number of amides is 1. The summed E-state index contributed by atoms with van der Waals surface area (Å²) >= 11 is 0. The number of carbonyl (C=O) groups excluding carboxylic acids is 1. The van der Waals surface area contributed by atoms with Crippen molar-refractivity contribution >= 4 is 12.1 Å². The van der Waals surface area contributed by atoms with Crippen molar-refractivity contribution in [1.29, 1.82) is 0 Å². The van der Waals surface area contributed by atoms with Crippen LogP contribution in [0.5, 0.6) is 0 Å². The highest BCUT2D eigenvalue weighted by molar-refractivity contribution is 5.93. The lowest BCUT2D eigenvalue weighted by Gasteiger charge is -2.03. The van der Waals surface area contributed by atoms with Crippen molar-refractivity contribution in [2.24, 2.45) is 12.1 Å². The van der Waals surface area contributed by atoms with Crippen LogP contribution in [0.1, 0.15) is 28.3 Å². The molecular weight excluding hydrogens is 289 g/mol. The zero-order valence-corrected chi connectivity index (χ0v) is 11.1. The maximum Gasteiger partial charge on any atom is 0.333 e. The molecule has 0 atom stereocenters. The van der Waals surface area contributed by atoms with Gasteiger partial charge in [-0.3, -0.25) is 4.79 Å². The van der Waals surface area contributed by atoms with Gasteiger partial charge in [0.25, 0.3) is 5.91 Å². The topological polar surface area (TPSA) is 77.1 Å². The molecule has 2 heterocycles. The van der Waals surface area contributed by atoms with Gasteiger partial charge in [-0.2, -0.15) is 33.2 Å². The van der Waals surface area contributed by atoms with Gasteiger partial charge < -0.3 is 0 Å². The molecule has 0 aliphatic heterocycles. The van der Waals surface area contributed by atoms with Crippen LogP contribution in [-0.4, -0.2) is 31.7 Å². The molecule has 0 aliphatic rings. The SMILES string of the molecule is Cc1nn(C)c(F)c1/C=N/NC(=O)c1ccnn1C(F)F. The normalized spacial score (nSPS) is 11.5. The molecular formula is C11H11F3N6O. The van der Waals surface area contributed by atoms with Crippen molar-refractivity contribution in [2.75, 3.05) is 0 Å². The van der Waals surface area contributed by atoms with E-state index in [1.165, 1.54) is 7.05 Å². The maximum atomic E-state index is 13.6. The van der Waals surface area contributed by atoms with Gasteiger partial charge in [0.15, 0.2) is 0 Å². The second-order valence-corrected chi connectivity index (χ2v) is 4.05. The molecule has 10 heteroatoms. The Labute approximate surface area is 117 Å². The fourth-order valence-corrected chi connectivity index (χ4v) is 1.66. The van der Waals surface area contributed by atoms with Crippen LogP contribution in [0, 0.1) is 12.9 Å². The number of alkyl halides is 2. The van der Waals surface area contributed by atoms with Crippen LogP contribution in [0.25, 0.3) is 0 Å². The predicted molar refractivity (Wildman–Crippen MR) is 66.4 cm³/mol. The van der Waals surface area contributed by atoms with E-state index in [9.17, 15) is 18.0 Å². The highest BCUT2D eigenvalue weighted by atomic mass is 19.3. The standard InChI is InChI=1S/C11H11F3N6O/c1-6-7(9(12)19(2)18-6)5-15-17-10(21)8-3-4-16-20(8)11(13)14/h3-5,11H,1-2H3,(H,17,21)/b15-5+. The summed E-state index contributed by atoms with van der Waals surface area (Å²) in [6.45, 7) is -1.37. The van der Waals surface area contributed by atoms with E-state index in [0.29, 0.717) is 5.69 Å². The molecule has 2 aromatic rings. The molecule has 0 bridgehead atoms. The van der Waals surface area contributed by atoms with E-state index in [4.69, 9.17) is 0 Å². The van der Waals surface area contributed by atoms with Crippen molar-refractivity contribution in [3.8, 4) is 0 Å². The molecule has 0 radical (unpaired) electrons. The average Bonchev–Trinajstić information content (AvgIpc) is 2.99. The molecule has 2 aromatic heterocycles. The molecule has 1 amide bonds. The van der Waals surface area contributed by atoms with Crippen molar-refractivity contribution < 1.29 is 18.0 Å². The number of hydrazone groups is 1. The first kappa shape index (κ1) is 14.8. The fraction of sp³-hybridized carbons (Fsp3) is 0.273. The summed E-state index contributed by atoms with van der Waals surface area (Å²) in [5, 5.41) is 10.7. The van der Waals surface area contributed by atoms with Gasteiger partial charge in [-0.05, 0) is 13.0 Å². The molecule has 0 aromatic carbocycles. The smallest absolute Gasteiger partial charge is 0.266 e. The number of aromatic nitrogens is 4. The van der Waals surface area contributed by atoms with Gasteiger partial charge in [-0.1, -0.05) is 0 Å². The molecule has 0 saturated heterocycles. The van der Waals surface area contributed by atoms with Crippen molar-refractivity contribution in [2.45, 2.75) is 13.5 Å². The Morgan fingerprint density at radius 2 is 2.24 bits per heavy atom. The minimum absolute atomic E-state index is 0.0974. The van der Waals surface area contributed by atoms with Crippen LogP contribution in [0.2, 0.25) is 0 Å². The van der Waals surface area contributed by atoms with Gasteiger partial charge in [0.1, 0.15) is 5.69 Å². The van der Waals surface area contributed by atoms with E-state index in [-0.39, 0.29) is 15.9 Å². The summed E-state index contributed by atoms with van der Waals surface area (Å²) in [5.74, 6) is -1.51. The van der Waals surface area contributed by atoms with Crippen LogP contribution in [0.3, 0.4) is 0 Å². The third-order valence-corrected chi connectivity index (χ3v) is 2.64. The average molecular weight is 300 g/mol. The molecule has 21 heavy (non-hydrogen) atoms. The number of rotatable bonds is 4. The number of carbonyl (C=O) groups is 1. The zero-order valence-electron chi connectivity index (χ0n) is 11.1. The molecule has 0 saturated carbocycles. The quantitative estimate of drug-likeness (QED) is 0.681. The van der Waals surface area contributed by atoms with Crippen LogP contribution >= 0.6 is 0 Å². The Bertz CT molecular complexity index is 690. The number of aryl methyl sites for hydroxylation is 2. The lowest BCUT2D eigenvalue weighted by Crippen LogP contribution is -2.22. The van der Waals surface area contributed by atoms with Crippen LogP contribution in [0.15, 0.2) is 17.4 Å². The third-order valence-electron chi connectivity index (χ3n) is 2.64. The Morgan fingerprint density at radius 3 is 2.81 bits per heavy atom. The van der Waals surface area contributed by atoms with Crippen molar-refractivity contribution in [3.05, 3.63) is 35.2 Å². The molecule has 0 spiro atoms. The van der Waals surface area contributed by atoms with Crippen LogP contribution < -0.4 is 5.43 Å². The van der Waals surface area contributed by atoms with E-state index in [2.05, 4.69) is 15.3 Å². The van der Waals surface area contributed by atoms with Crippen LogP contribution in [0.4, 0.5) is 13.2 Å². The van der Waals surface area contributed by atoms with Gasteiger partial charge in [0.05, 0.1) is 17.5 Å². The van der Waals surface area contributed by atoms with Gasteiger partial charge in [-0.25, -0.2) is 10.1 Å². The maximum absolute atomic E-state index is 13.6. The summed E-state index contributed by atoms with van der Waals surface area (Å²) in [4.78, 5) is 11.7. The lowest BCUT2D eigenvalue weighted by molar-refractivity contribution is 0.0510. The van der Waals surface area contributed by atoms with Gasteiger partial charge in [0.2, 0.25) is 5.95 Å². The lowest BCUT2D eigenvalue weighted by atomic mass is 10.3. The summed E-state index contributed by atoms with van der Waals surface area (Å²) in [6, 6.07) is 1.12. The summed E-state index contributed by atoms with van der Waals surface area (Å²) in [6.07, 6.45) is 2.12. The highest BCUT2D eigenvalue weighted by Crippen LogP contribution is 2.12. The molecule has 112 valence electrons. The fourth-order valence-electron chi connectivity index (χ4n) is 1.66. The first-order chi connectivity index (χ1) is 9.91. The van der Waals surface area contributed by atoms with E-state index in [0.717, 1.165) is 23.2 Å². The van der Waals surface area contributed by atoms with Crippen LogP contribution in [-0.2, 0) is 7.05 Å². The van der Waals surface area contributed by atoms with E-state index < -0.39 is 18.4 Å². The second kappa shape index (κ2) is 5.77. The summed E-state index contributed by atoms with van der Waals surface area (Å²) in [7, 11) is 1.42. The minimum atomic E-state index is -2.94. The van der Waals surface area contributed by atoms with Gasteiger partial charge in [-0.15, -0.1) is 0 Å². The number of hydrogen-bond acceptors (Lipinski definition) is 4. The largest absolute Gasteiger partial charge is 0.333 e. The number of nitrogens with zero attached hydrogens (tertiary/aromatic N) is 5. The van der Waals surface area contributed by atoms with Crippen molar-refractivity contribution in [3.63, 3.8) is 0 Å². The minimum Gasteiger partial charge on any atom is -0.266 e. The van der Waals surface area contributed by atoms with Crippen molar-refractivity contribution in [1.82, 2.24) is 25.0 Å². The highest BCUT2D eigenvalue weighted by Gasteiger charge is 2.17. The number of halogens is 3. The van der Waals surface area contributed by atoms with Gasteiger partial charge in [0, 0.05) is 13.2 Å². The monoisotopic (exact) mass is 300 g/mol. The van der Waals surface area contributed by atoms with E-state index in [1.54, 1.807) is 6.92 Å². The molecule has 0 aliphatic carbocycles. The van der Waals surface area contributed by atoms with Gasteiger partial charge >= 0.3 is 6.55 Å². The molecule has 0 fully saturated rings. The van der Waals surface area contributed by atoms with E-state index in [1.807, 2.05) is 5.43 Å². The Morgan fingerprint density at radius 1 is 1.52 bits per heavy atom. The summed E-state index contributed by atoms with van der Waals surface area (Å²) in [5.41, 5.74) is 2.15. The Balaban J connectivity index is 2.10. The Hall–Kier alpha value is -2.65. The molecule has 2 rings (SSSR count). The first-order valence-electron chi connectivity index (χ1n) is 5.76. The number of hydrogen-bond donors (Lipinski definition) is 1. The predicted octanol–water partition coefficient (Wildman–Crippen LogP) is 1.22. The number of nitrogens with one attached hydrogen (secondary N) is 1. The molecule has 1 N–H and O–H groups in total. The Kier molecular flexibility index (Phi) is 4.05. The summed E-state index contributed by atoms with van der Waals surface area (Å²) < 4.78 is 39.9. The third kappa shape index (κ3) is 2.93.